The van der Waals surface area contributed by atoms with Gasteiger partial charge in [-0.15, -0.1) is 11.3 Å². The van der Waals surface area contributed by atoms with Gasteiger partial charge in [-0.2, -0.15) is 0 Å². The maximum absolute atomic E-state index is 13.0. The van der Waals surface area contributed by atoms with Gasteiger partial charge in [0.2, 0.25) is 0 Å². The summed E-state index contributed by atoms with van der Waals surface area (Å²) in [7, 11) is 1.57. The van der Waals surface area contributed by atoms with E-state index in [9.17, 15) is 9.59 Å². The first-order chi connectivity index (χ1) is 16.5. The number of nitrogens with zero attached hydrogens (tertiary/aromatic N) is 2. The zero-order chi connectivity index (χ0) is 23.9. The van der Waals surface area contributed by atoms with Gasteiger partial charge in [-0.25, -0.2) is 9.78 Å². The number of rotatable bonds is 7. The number of carbonyl (C=O) groups excluding carboxylic acids is 2. The van der Waals surface area contributed by atoms with E-state index in [2.05, 4.69) is 41.5 Å². The average molecular weight is 480 g/mol. The fourth-order valence-electron chi connectivity index (χ4n) is 3.96. The normalized spacial score (nSPS) is 14.1. The summed E-state index contributed by atoms with van der Waals surface area (Å²) in [4.78, 5) is 31.4. The van der Waals surface area contributed by atoms with Crippen molar-refractivity contribution in [1.29, 1.82) is 0 Å². The molecule has 0 spiro atoms. The lowest BCUT2D eigenvalue weighted by molar-refractivity contribution is 0.0659. The van der Waals surface area contributed by atoms with Crippen LogP contribution in [-0.2, 0) is 9.47 Å². The highest BCUT2D eigenvalue weighted by Crippen LogP contribution is 2.32. The van der Waals surface area contributed by atoms with E-state index in [1.807, 2.05) is 29.6 Å². The van der Waals surface area contributed by atoms with Crippen LogP contribution in [-0.4, -0.2) is 55.3 Å². The number of para-hydroxylation sites is 1. The third kappa shape index (κ3) is 5.81. The van der Waals surface area contributed by atoms with Crippen LogP contribution < -0.4 is 5.32 Å². The summed E-state index contributed by atoms with van der Waals surface area (Å²) in [5, 5.41) is 5.77. The van der Waals surface area contributed by atoms with Crippen LogP contribution in [0.5, 0.6) is 0 Å². The predicted molar refractivity (Wildman–Crippen MR) is 133 cm³/mol. The molecule has 0 radical (unpaired) electrons. The number of nitrogens with one attached hydrogen (secondary N) is 1. The number of aromatic nitrogens is 1. The number of hydrogen-bond acceptors (Lipinski definition) is 6. The third-order valence-electron chi connectivity index (χ3n) is 5.91. The van der Waals surface area contributed by atoms with Crippen molar-refractivity contribution in [2.45, 2.75) is 25.7 Å². The Kier molecular flexibility index (Phi) is 7.92. The Morgan fingerprint density at radius 1 is 1.09 bits per heavy atom. The Morgan fingerprint density at radius 3 is 2.56 bits per heavy atom. The van der Waals surface area contributed by atoms with E-state index in [1.54, 1.807) is 12.0 Å². The predicted octanol–water partition coefficient (Wildman–Crippen LogP) is 5.33. The monoisotopic (exact) mass is 479 g/mol. The van der Waals surface area contributed by atoms with Crippen LogP contribution in [0.25, 0.3) is 11.1 Å². The quantitative estimate of drug-likeness (QED) is 0.463. The van der Waals surface area contributed by atoms with Gasteiger partial charge in [0.15, 0.2) is 0 Å². The van der Waals surface area contributed by atoms with E-state index >= 15 is 0 Å². The number of piperidine rings is 1. The molecule has 1 N–H and O–H groups in total. The second-order valence-corrected chi connectivity index (χ2v) is 9.19. The number of carbonyl (C=O) groups is 2. The molecule has 3 aromatic rings. The van der Waals surface area contributed by atoms with Gasteiger partial charge in [-0.1, -0.05) is 48.0 Å². The third-order valence-corrected chi connectivity index (χ3v) is 6.92. The first-order valence-electron chi connectivity index (χ1n) is 11.4. The van der Waals surface area contributed by atoms with Gasteiger partial charge in [0, 0.05) is 42.7 Å². The maximum Gasteiger partial charge on any atom is 0.409 e. The van der Waals surface area contributed by atoms with Gasteiger partial charge >= 0.3 is 6.09 Å². The number of benzene rings is 2. The molecule has 0 bridgehead atoms. The van der Waals surface area contributed by atoms with Crippen molar-refractivity contribution in [3.63, 3.8) is 0 Å². The molecule has 178 valence electrons. The number of thiazole rings is 1. The molecular weight excluding hydrogens is 450 g/mol. The number of anilines is 1. The summed E-state index contributed by atoms with van der Waals surface area (Å²) in [5.74, 6) is 0.00985. The molecule has 0 saturated carbocycles. The minimum Gasteiger partial charge on any atom is -0.447 e. The molecular formula is C26H29N3O4S. The fourth-order valence-corrected chi connectivity index (χ4v) is 4.93. The lowest BCUT2D eigenvalue weighted by Crippen LogP contribution is -2.38. The van der Waals surface area contributed by atoms with Crippen LogP contribution >= 0.6 is 11.3 Å². The second-order valence-electron chi connectivity index (χ2n) is 8.31. The number of ether oxygens (including phenoxy) is 2. The Hall–Kier alpha value is -3.23. The van der Waals surface area contributed by atoms with Crippen molar-refractivity contribution in [3.8, 4) is 11.1 Å². The molecule has 34 heavy (non-hydrogen) atoms. The lowest BCUT2D eigenvalue weighted by atomic mass is 9.98. The Labute approximate surface area is 203 Å². The SMILES string of the molecule is COCCOC(=O)N1CCC(c2nc(C(=O)Nc3ccccc3-c3ccc(C)cc3)cs2)CC1. The van der Waals surface area contributed by atoms with Crippen LogP contribution in [0.4, 0.5) is 10.5 Å². The Bertz CT molecular complexity index is 1120. The van der Waals surface area contributed by atoms with E-state index in [1.165, 1.54) is 16.9 Å². The molecule has 0 aliphatic carbocycles. The topological polar surface area (TPSA) is 80.8 Å². The highest BCUT2D eigenvalue weighted by molar-refractivity contribution is 7.10. The van der Waals surface area contributed by atoms with Crippen LogP contribution in [0.1, 0.15) is 39.8 Å². The summed E-state index contributed by atoms with van der Waals surface area (Å²) >= 11 is 1.50. The molecule has 1 fully saturated rings. The molecule has 0 atom stereocenters. The summed E-state index contributed by atoms with van der Waals surface area (Å²) in [6.45, 7) is 3.92. The summed E-state index contributed by atoms with van der Waals surface area (Å²) in [6, 6.07) is 16.0. The van der Waals surface area contributed by atoms with Crippen molar-refractivity contribution in [1.82, 2.24) is 9.88 Å². The first kappa shape index (κ1) is 23.9. The standard InChI is InChI=1S/C26H29N3O4S/c1-18-7-9-19(10-8-18)21-5-3-4-6-22(21)27-24(30)23-17-34-25(28-23)20-11-13-29(14-12-20)26(31)33-16-15-32-2/h3-10,17,20H,11-16H2,1-2H3,(H,27,30). The van der Waals surface area contributed by atoms with Gasteiger partial charge in [-0.3, -0.25) is 4.79 Å². The van der Waals surface area contributed by atoms with Gasteiger partial charge in [-0.05, 0) is 31.4 Å². The van der Waals surface area contributed by atoms with E-state index < -0.39 is 0 Å². The van der Waals surface area contributed by atoms with Crippen molar-refractivity contribution in [3.05, 3.63) is 70.2 Å². The van der Waals surface area contributed by atoms with Gasteiger partial charge in [0.1, 0.15) is 12.3 Å². The molecule has 0 unspecified atom stereocenters. The van der Waals surface area contributed by atoms with Crippen molar-refractivity contribution < 1.29 is 19.1 Å². The molecule has 1 aliphatic rings. The zero-order valence-electron chi connectivity index (χ0n) is 19.5. The van der Waals surface area contributed by atoms with Crippen molar-refractivity contribution in [2.24, 2.45) is 0 Å². The van der Waals surface area contributed by atoms with Gasteiger partial charge < -0.3 is 19.7 Å². The van der Waals surface area contributed by atoms with E-state index in [0.29, 0.717) is 25.4 Å². The minimum absolute atomic E-state index is 0.221. The zero-order valence-corrected chi connectivity index (χ0v) is 20.3. The maximum atomic E-state index is 13.0. The smallest absolute Gasteiger partial charge is 0.409 e. The van der Waals surface area contributed by atoms with Crippen molar-refractivity contribution in [2.75, 3.05) is 38.7 Å². The molecule has 2 heterocycles. The van der Waals surface area contributed by atoms with Crippen molar-refractivity contribution >= 4 is 29.0 Å². The van der Waals surface area contributed by atoms with E-state index in [0.717, 1.165) is 34.7 Å². The number of likely N-dealkylation sites (tertiary alicyclic amines) is 1. The second kappa shape index (κ2) is 11.3. The molecule has 8 heteroatoms. The largest absolute Gasteiger partial charge is 0.447 e. The number of hydrogen-bond donors (Lipinski definition) is 1. The summed E-state index contributed by atoms with van der Waals surface area (Å²) in [6.07, 6.45) is 1.29. The number of amides is 2. The number of aryl methyl sites for hydroxylation is 1. The van der Waals surface area contributed by atoms with E-state index in [-0.39, 0.29) is 24.5 Å². The molecule has 4 rings (SSSR count). The average Bonchev–Trinajstić information content (AvgIpc) is 3.36. The molecule has 1 aliphatic heterocycles. The summed E-state index contributed by atoms with van der Waals surface area (Å²) in [5.41, 5.74) is 4.38. The molecule has 2 amide bonds. The first-order valence-corrected chi connectivity index (χ1v) is 12.3. The molecule has 7 nitrogen and oxygen atoms in total. The molecule has 1 aromatic heterocycles. The van der Waals surface area contributed by atoms with Gasteiger partial charge in [0.05, 0.1) is 11.6 Å². The van der Waals surface area contributed by atoms with Crippen LogP contribution in [0.3, 0.4) is 0 Å². The lowest BCUT2D eigenvalue weighted by Gasteiger charge is -2.30. The van der Waals surface area contributed by atoms with Crippen LogP contribution in [0.15, 0.2) is 53.9 Å². The minimum atomic E-state index is -0.304. The van der Waals surface area contributed by atoms with Crippen LogP contribution in [0, 0.1) is 6.92 Å². The van der Waals surface area contributed by atoms with E-state index in [4.69, 9.17) is 9.47 Å². The highest BCUT2D eigenvalue weighted by Gasteiger charge is 2.27. The summed E-state index contributed by atoms with van der Waals surface area (Å²) < 4.78 is 10.1. The van der Waals surface area contributed by atoms with Crippen LogP contribution in [0.2, 0.25) is 0 Å². The fraction of sp³-hybridized carbons (Fsp3) is 0.346. The Morgan fingerprint density at radius 2 is 1.82 bits per heavy atom. The number of methoxy groups -OCH3 is 1. The molecule has 1 saturated heterocycles. The van der Waals surface area contributed by atoms with Gasteiger partial charge in [0.25, 0.3) is 5.91 Å². The highest BCUT2D eigenvalue weighted by atomic mass is 32.1. The Balaban J connectivity index is 1.37. The molecule has 2 aromatic carbocycles.